The molecule has 2 aliphatic carbocycles. The van der Waals surface area contributed by atoms with E-state index in [9.17, 15) is 5.11 Å². The second-order valence-corrected chi connectivity index (χ2v) is 25.1. The average Bonchev–Trinajstić information content (AvgIpc) is 0.802. The van der Waals surface area contributed by atoms with E-state index in [-0.39, 0.29) is 5.75 Å². The molecule has 88 heavy (non-hydrogen) atoms. The number of para-hydroxylation sites is 3. The van der Waals surface area contributed by atoms with Gasteiger partial charge in [-0.15, -0.1) is 0 Å². The van der Waals surface area contributed by atoms with Gasteiger partial charge in [-0.2, -0.15) is 0 Å². The highest BCUT2D eigenvalue weighted by molar-refractivity contribution is 6.30. The SMILES string of the molecule is CCc1cccc(N(c2cccc(-c3cccc(-c4ccccc4CC)c3)c2O)c2cc(C3CCCCC3)c3ccc4c(N(c5cccc(CC)c5)c5cccc6c5oc5c(-c7ccccc7CC)cccc56)cc(C5CCCCC5)c5ccc2c3c54)c1. The number of aromatic hydroxyl groups is 1. The quantitative estimate of drug-likeness (QED) is 0.104. The molecule has 0 saturated heterocycles. The summed E-state index contributed by atoms with van der Waals surface area (Å²) in [6, 6.07) is 79.4. The predicted molar refractivity (Wildman–Crippen MR) is 374 cm³/mol. The van der Waals surface area contributed by atoms with Crippen molar-refractivity contribution >= 4 is 88.4 Å². The Balaban J connectivity index is 1.02. The van der Waals surface area contributed by atoms with Gasteiger partial charge in [0.05, 0.1) is 22.7 Å². The first kappa shape index (κ1) is 55.5. The Morgan fingerprint density at radius 2 is 0.807 bits per heavy atom. The number of hydrogen-bond acceptors (Lipinski definition) is 4. The van der Waals surface area contributed by atoms with Crippen LogP contribution in [0.3, 0.4) is 0 Å². The van der Waals surface area contributed by atoms with E-state index < -0.39 is 0 Å². The highest BCUT2D eigenvalue weighted by Crippen LogP contribution is 2.55. The Bertz CT molecular complexity index is 4740. The summed E-state index contributed by atoms with van der Waals surface area (Å²) in [5.41, 5.74) is 22.6. The molecule has 0 aliphatic heterocycles. The molecule has 0 spiro atoms. The van der Waals surface area contributed by atoms with Gasteiger partial charge in [0.25, 0.3) is 0 Å². The van der Waals surface area contributed by atoms with Crippen molar-refractivity contribution in [1.82, 2.24) is 0 Å². The molecule has 1 heterocycles. The highest BCUT2D eigenvalue weighted by atomic mass is 16.3. The van der Waals surface area contributed by atoms with E-state index in [1.165, 1.54) is 134 Å². The number of furan rings is 1. The topological polar surface area (TPSA) is 39.9 Å². The number of fused-ring (bicyclic) bond motifs is 3. The fraction of sp³-hybridized carbons (Fsp3) is 0.238. The van der Waals surface area contributed by atoms with E-state index in [1.807, 2.05) is 0 Å². The third-order valence-electron chi connectivity index (χ3n) is 20.2. The zero-order valence-corrected chi connectivity index (χ0v) is 51.5. The number of aryl methyl sites for hydroxylation is 4. The van der Waals surface area contributed by atoms with Crippen LogP contribution in [0.4, 0.5) is 34.1 Å². The third-order valence-corrected chi connectivity index (χ3v) is 20.2. The fourth-order valence-electron chi connectivity index (χ4n) is 15.7. The predicted octanol–water partition coefficient (Wildman–Crippen LogP) is 24.5. The lowest BCUT2D eigenvalue weighted by atomic mass is 9.77. The smallest absolute Gasteiger partial charge is 0.159 e. The molecule has 0 radical (unpaired) electrons. The third kappa shape index (κ3) is 9.59. The molecule has 2 saturated carbocycles. The normalized spacial score (nSPS) is 14.3. The molecule has 13 aromatic rings. The van der Waals surface area contributed by atoms with Crippen molar-refractivity contribution < 1.29 is 9.52 Å². The molecular formula is C84H78N2O2. The summed E-state index contributed by atoms with van der Waals surface area (Å²) in [5.74, 6) is 1.06. The van der Waals surface area contributed by atoms with Crippen molar-refractivity contribution in [3.8, 4) is 39.1 Å². The standard InChI is InChI=1S/C84H78N2O2/c1-5-54-25-19-35-62(49-54)85(76-43-23-39-66(82(76)87)61-34-21-33-60(51-61)64-37-17-15-27-56(64)7-3)78-52-74(58-29-11-9-12-30-58)67-46-48-73-79(53-75(59-31-13-10-14-32-59)68-45-47-72(78)80(67)81(68)73)86(63-36-20-26-55(6-2)50-63)77-44-24-42-71-70-41-22-40-69(83(70)88-84(71)77)65-38-18-16-28-57(65)8-4/h15-28,33-53,58-59,87H,5-14,29-32H2,1-4H3. The van der Waals surface area contributed by atoms with Crippen molar-refractivity contribution in [2.75, 3.05) is 9.80 Å². The molecule has 2 aliphatic rings. The number of phenolic OH excluding ortho intramolecular Hbond substituents is 1. The first-order valence-corrected chi connectivity index (χ1v) is 33.0. The molecule has 12 aromatic carbocycles. The second kappa shape index (κ2) is 23.5. The van der Waals surface area contributed by atoms with Crippen molar-refractivity contribution in [3.63, 3.8) is 0 Å². The minimum atomic E-state index is 0.267. The number of hydrogen-bond donors (Lipinski definition) is 1. The maximum Gasteiger partial charge on any atom is 0.159 e. The first-order chi connectivity index (χ1) is 43.4. The summed E-state index contributed by atoms with van der Waals surface area (Å²) in [6.45, 7) is 8.97. The molecule has 436 valence electrons. The second-order valence-electron chi connectivity index (χ2n) is 25.1. The van der Waals surface area contributed by atoms with Crippen LogP contribution < -0.4 is 9.80 Å². The van der Waals surface area contributed by atoms with Crippen LogP contribution in [-0.2, 0) is 25.7 Å². The number of nitrogens with zero attached hydrogens (tertiary/aromatic N) is 2. The van der Waals surface area contributed by atoms with Crippen LogP contribution in [0.5, 0.6) is 5.75 Å². The van der Waals surface area contributed by atoms with Crippen LogP contribution in [0.15, 0.2) is 217 Å². The van der Waals surface area contributed by atoms with Crippen molar-refractivity contribution in [2.24, 2.45) is 0 Å². The van der Waals surface area contributed by atoms with Crippen LogP contribution >= 0.6 is 0 Å². The lowest BCUT2D eigenvalue weighted by Gasteiger charge is -2.33. The van der Waals surface area contributed by atoms with Gasteiger partial charge in [0, 0.05) is 44.0 Å². The summed E-state index contributed by atoms with van der Waals surface area (Å²) in [4.78, 5) is 4.97. The van der Waals surface area contributed by atoms with Crippen molar-refractivity contribution in [1.29, 1.82) is 0 Å². The Labute approximate surface area is 519 Å². The van der Waals surface area contributed by atoms with E-state index in [2.05, 4.69) is 250 Å². The van der Waals surface area contributed by atoms with E-state index in [1.54, 1.807) is 0 Å². The van der Waals surface area contributed by atoms with Crippen LogP contribution in [0.1, 0.15) is 137 Å². The Morgan fingerprint density at radius 3 is 1.40 bits per heavy atom. The van der Waals surface area contributed by atoms with Gasteiger partial charge in [0.1, 0.15) is 11.3 Å². The molecule has 0 unspecified atom stereocenters. The summed E-state index contributed by atoms with van der Waals surface area (Å²) < 4.78 is 7.46. The zero-order valence-electron chi connectivity index (χ0n) is 51.5. The molecular weight excluding hydrogens is 1070 g/mol. The molecule has 0 bridgehead atoms. The molecule has 4 heteroatoms. The van der Waals surface area contributed by atoms with Crippen LogP contribution in [-0.4, -0.2) is 5.11 Å². The summed E-state index contributed by atoms with van der Waals surface area (Å²) in [5, 5.41) is 23.3. The van der Waals surface area contributed by atoms with Gasteiger partial charge in [-0.25, -0.2) is 0 Å². The van der Waals surface area contributed by atoms with Crippen molar-refractivity contribution in [3.05, 3.63) is 246 Å². The summed E-state index contributed by atoms with van der Waals surface area (Å²) in [7, 11) is 0. The lowest BCUT2D eigenvalue weighted by Crippen LogP contribution is -2.15. The zero-order chi connectivity index (χ0) is 59.4. The van der Waals surface area contributed by atoms with Gasteiger partial charge >= 0.3 is 0 Å². The van der Waals surface area contributed by atoms with Gasteiger partial charge in [-0.3, -0.25) is 0 Å². The Hall–Kier alpha value is -9.12. The summed E-state index contributed by atoms with van der Waals surface area (Å²) >= 11 is 0. The lowest BCUT2D eigenvalue weighted by molar-refractivity contribution is 0.445. The van der Waals surface area contributed by atoms with Crippen LogP contribution in [0.25, 0.3) is 87.6 Å². The Morgan fingerprint density at radius 1 is 0.352 bits per heavy atom. The van der Waals surface area contributed by atoms with Gasteiger partial charge in [-0.05, 0) is 195 Å². The number of rotatable bonds is 15. The maximum atomic E-state index is 13.3. The van der Waals surface area contributed by atoms with E-state index in [0.29, 0.717) is 11.8 Å². The average molecular weight is 1150 g/mol. The van der Waals surface area contributed by atoms with Crippen molar-refractivity contribution in [2.45, 2.75) is 129 Å². The molecule has 1 N–H and O–H groups in total. The van der Waals surface area contributed by atoms with Gasteiger partial charge in [0.2, 0.25) is 0 Å². The molecule has 1 aromatic heterocycles. The first-order valence-electron chi connectivity index (χ1n) is 33.0. The fourth-order valence-corrected chi connectivity index (χ4v) is 15.7. The van der Waals surface area contributed by atoms with E-state index >= 15 is 0 Å². The number of anilines is 6. The van der Waals surface area contributed by atoms with Crippen LogP contribution in [0, 0.1) is 0 Å². The Kier molecular flexibility index (Phi) is 14.8. The maximum absolute atomic E-state index is 13.3. The molecule has 4 nitrogen and oxygen atoms in total. The molecule has 15 rings (SSSR count). The van der Waals surface area contributed by atoms with Crippen LogP contribution in [0.2, 0.25) is 0 Å². The largest absolute Gasteiger partial charge is 0.505 e. The highest BCUT2D eigenvalue weighted by Gasteiger charge is 2.32. The minimum absolute atomic E-state index is 0.267. The van der Waals surface area contributed by atoms with E-state index in [4.69, 9.17) is 4.42 Å². The number of phenols is 1. The van der Waals surface area contributed by atoms with Gasteiger partial charge in [0.15, 0.2) is 5.58 Å². The monoisotopic (exact) mass is 1150 g/mol. The molecule has 0 atom stereocenters. The minimum Gasteiger partial charge on any atom is -0.505 e. The molecule has 0 amide bonds. The van der Waals surface area contributed by atoms with Gasteiger partial charge < -0.3 is 19.3 Å². The van der Waals surface area contributed by atoms with E-state index in [0.717, 1.165) is 111 Å². The summed E-state index contributed by atoms with van der Waals surface area (Å²) in [6.07, 6.45) is 15.8. The molecule has 2 fully saturated rings. The number of benzene rings is 12. The van der Waals surface area contributed by atoms with Gasteiger partial charge in [-0.1, -0.05) is 224 Å².